The van der Waals surface area contributed by atoms with E-state index in [1.807, 2.05) is 26.8 Å². The molecule has 0 N–H and O–H groups in total. The van der Waals surface area contributed by atoms with Crippen molar-refractivity contribution in [1.82, 2.24) is 4.31 Å². The molecule has 2 rings (SSSR count). The van der Waals surface area contributed by atoms with Gasteiger partial charge < -0.3 is 4.74 Å². The van der Waals surface area contributed by atoms with Crippen LogP contribution in [0.2, 0.25) is 0 Å². The number of ether oxygens (including phenoxy) is 1. The van der Waals surface area contributed by atoms with Gasteiger partial charge in [0, 0.05) is 12.6 Å². The summed E-state index contributed by atoms with van der Waals surface area (Å²) in [5.74, 6) is 0.455. The molecule has 1 aliphatic rings. The minimum Gasteiger partial charge on any atom is -0.492 e. The van der Waals surface area contributed by atoms with Gasteiger partial charge in [0.25, 0.3) is 0 Å². The molecule has 0 aromatic heterocycles. The van der Waals surface area contributed by atoms with Crippen molar-refractivity contribution in [3.63, 3.8) is 0 Å². The maximum atomic E-state index is 12.9. The fraction of sp³-hybridized carbons (Fsp3) is 0.600. The fourth-order valence-electron chi connectivity index (χ4n) is 2.65. The highest BCUT2D eigenvalue weighted by Crippen LogP contribution is 2.31. The van der Waals surface area contributed by atoms with Crippen molar-refractivity contribution in [3.8, 4) is 5.75 Å². The summed E-state index contributed by atoms with van der Waals surface area (Å²) in [6, 6.07) is 5.40. The van der Waals surface area contributed by atoms with E-state index in [9.17, 15) is 8.42 Å². The number of hydrogen-bond donors (Lipinski definition) is 0. The lowest BCUT2D eigenvalue weighted by molar-refractivity contribution is 0.266. The lowest BCUT2D eigenvalue weighted by Gasteiger charge is -2.32. The summed E-state index contributed by atoms with van der Waals surface area (Å²) >= 11 is 0. The molecule has 1 heterocycles. The Kier molecular flexibility index (Phi) is 4.70. The molecule has 4 nitrogen and oxygen atoms in total. The SMILES string of the molecule is CCOc1ccc(C)cc1S(=O)(=O)N1CCCC[C@H]1C. The van der Waals surface area contributed by atoms with E-state index in [0.29, 0.717) is 23.8 Å². The van der Waals surface area contributed by atoms with Crippen molar-refractivity contribution in [3.05, 3.63) is 23.8 Å². The summed E-state index contributed by atoms with van der Waals surface area (Å²) in [6.45, 7) is 6.80. The van der Waals surface area contributed by atoms with Gasteiger partial charge in [0.1, 0.15) is 10.6 Å². The van der Waals surface area contributed by atoms with Crippen LogP contribution >= 0.6 is 0 Å². The van der Waals surface area contributed by atoms with Gasteiger partial charge >= 0.3 is 0 Å². The molecule has 112 valence electrons. The van der Waals surface area contributed by atoms with Crippen LogP contribution in [0, 0.1) is 6.92 Å². The molecule has 5 heteroatoms. The summed E-state index contributed by atoms with van der Waals surface area (Å²) in [6.07, 6.45) is 2.95. The van der Waals surface area contributed by atoms with Crippen molar-refractivity contribution in [2.24, 2.45) is 0 Å². The Morgan fingerprint density at radius 3 is 2.75 bits per heavy atom. The molecule has 0 saturated carbocycles. The highest BCUT2D eigenvalue weighted by Gasteiger charge is 2.33. The van der Waals surface area contributed by atoms with Crippen LogP contribution < -0.4 is 4.74 Å². The lowest BCUT2D eigenvalue weighted by atomic mass is 10.1. The molecule has 0 aliphatic carbocycles. The number of hydrogen-bond acceptors (Lipinski definition) is 3. The zero-order valence-corrected chi connectivity index (χ0v) is 13.2. The van der Waals surface area contributed by atoms with Crippen molar-refractivity contribution in [1.29, 1.82) is 0 Å². The van der Waals surface area contributed by atoms with E-state index >= 15 is 0 Å². The Balaban J connectivity index is 2.44. The maximum absolute atomic E-state index is 12.9. The monoisotopic (exact) mass is 297 g/mol. The molecule has 1 aliphatic heterocycles. The first-order valence-electron chi connectivity index (χ1n) is 7.22. The minimum absolute atomic E-state index is 0.0590. The topological polar surface area (TPSA) is 46.6 Å². The normalized spacial score (nSPS) is 20.9. The quantitative estimate of drug-likeness (QED) is 0.858. The Morgan fingerprint density at radius 2 is 2.10 bits per heavy atom. The number of sulfonamides is 1. The van der Waals surface area contributed by atoms with Gasteiger partial charge in [-0.1, -0.05) is 12.5 Å². The number of benzene rings is 1. The third kappa shape index (κ3) is 2.99. The first-order valence-corrected chi connectivity index (χ1v) is 8.66. The van der Waals surface area contributed by atoms with Gasteiger partial charge in [0.2, 0.25) is 10.0 Å². The number of nitrogens with zero attached hydrogens (tertiary/aromatic N) is 1. The second-order valence-electron chi connectivity index (χ2n) is 5.34. The molecule has 1 saturated heterocycles. The zero-order chi connectivity index (χ0) is 14.8. The summed E-state index contributed by atoms with van der Waals surface area (Å²) in [4.78, 5) is 0.299. The molecule has 0 bridgehead atoms. The summed E-state index contributed by atoms with van der Waals surface area (Å²) in [5, 5.41) is 0. The Hall–Kier alpha value is -1.07. The van der Waals surface area contributed by atoms with Gasteiger partial charge in [-0.05, 0) is 51.3 Å². The highest BCUT2D eigenvalue weighted by molar-refractivity contribution is 7.89. The summed E-state index contributed by atoms with van der Waals surface area (Å²) in [5.41, 5.74) is 0.927. The standard InChI is InChI=1S/C15H23NO3S/c1-4-19-14-9-8-12(2)11-15(14)20(17,18)16-10-6-5-7-13(16)3/h8-9,11,13H,4-7,10H2,1-3H3/t13-/m1/s1. The predicted molar refractivity (Wildman–Crippen MR) is 79.6 cm³/mol. The van der Waals surface area contributed by atoms with Crippen LogP contribution in [-0.2, 0) is 10.0 Å². The molecule has 1 aromatic rings. The van der Waals surface area contributed by atoms with E-state index in [0.717, 1.165) is 24.8 Å². The van der Waals surface area contributed by atoms with E-state index in [1.165, 1.54) is 0 Å². The van der Waals surface area contributed by atoms with Gasteiger partial charge in [-0.15, -0.1) is 0 Å². The molecule has 0 spiro atoms. The zero-order valence-electron chi connectivity index (χ0n) is 12.4. The van der Waals surface area contributed by atoms with Crippen molar-refractivity contribution in [2.75, 3.05) is 13.2 Å². The second kappa shape index (κ2) is 6.14. The molecule has 0 amide bonds. The van der Waals surface area contributed by atoms with Crippen LogP contribution in [0.3, 0.4) is 0 Å². The fourth-order valence-corrected chi connectivity index (χ4v) is 4.56. The van der Waals surface area contributed by atoms with Crippen LogP contribution in [0.15, 0.2) is 23.1 Å². The summed E-state index contributed by atoms with van der Waals surface area (Å²) in [7, 11) is -3.48. The van der Waals surface area contributed by atoms with E-state index in [-0.39, 0.29) is 6.04 Å². The number of rotatable bonds is 4. The average molecular weight is 297 g/mol. The first-order chi connectivity index (χ1) is 9.46. The Morgan fingerprint density at radius 1 is 1.35 bits per heavy atom. The van der Waals surface area contributed by atoms with Crippen molar-refractivity contribution in [2.45, 2.75) is 51.0 Å². The Bertz CT molecular complexity index is 568. The smallest absolute Gasteiger partial charge is 0.247 e. The van der Waals surface area contributed by atoms with Crippen LogP contribution in [0.5, 0.6) is 5.75 Å². The van der Waals surface area contributed by atoms with Crippen molar-refractivity contribution < 1.29 is 13.2 Å². The minimum atomic E-state index is -3.48. The van der Waals surface area contributed by atoms with Gasteiger partial charge in [0.05, 0.1) is 6.61 Å². The molecular formula is C15H23NO3S. The van der Waals surface area contributed by atoms with Crippen LogP contribution in [0.25, 0.3) is 0 Å². The largest absolute Gasteiger partial charge is 0.492 e. The third-order valence-electron chi connectivity index (χ3n) is 3.73. The maximum Gasteiger partial charge on any atom is 0.247 e. The Labute approximate surface area is 121 Å². The van der Waals surface area contributed by atoms with E-state index in [1.54, 1.807) is 16.4 Å². The molecule has 0 radical (unpaired) electrons. The highest BCUT2D eigenvalue weighted by atomic mass is 32.2. The molecule has 1 aromatic carbocycles. The molecular weight excluding hydrogens is 274 g/mol. The van der Waals surface area contributed by atoms with Gasteiger partial charge in [-0.3, -0.25) is 0 Å². The summed E-state index contributed by atoms with van der Waals surface area (Å²) < 4.78 is 32.9. The molecule has 20 heavy (non-hydrogen) atoms. The van der Waals surface area contributed by atoms with Gasteiger partial charge in [-0.25, -0.2) is 8.42 Å². The molecule has 0 unspecified atom stereocenters. The first kappa shape index (κ1) is 15.3. The van der Waals surface area contributed by atoms with E-state index in [4.69, 9.17) is 4.74 Å². The second-order valence-corrected chi connectivity index (χ2v) is 7.20. The lowest BCUT2D eigenvalue weighted by Crippen LogP contribution is -2.42. The predicted octanol–water partition coefficient (Wildman–Crippen LogP) is 2.96. The van der Waals surface area contributed by atoms with Crippen LogP contribution in [0.4, 0.5) is 0 Å². The van der Waals surface area contributed by atoms with Crippen LogP contribution in [0.1, 0.15) is 38.7 Å². The van der Waals surface area contributed by atoms with E-state index < -0.39 is 10.0 Å². The third-order valence-corrected chi connectivity index (χ3v) is 5.76. The van der Waals surface area contributed by atoms with E-state index in [2.05, 4.69) is 0 Å². The average Bonchev–Trinajstić information content (AvgIpc) is 2.41. The molecule has 1 fully saturated rings. The van der Waals surface area contributed by atoms with Crippen molar-refractivity contribution >= 4 is 10.0 Å². The van der Waals surface area contributed by atoms with Crippen LogP contribution in [-0.4, -0.2) is 31.9 Å². The van der Waals surface area contributed by atoms with Gasteiger partial charge in [0.15, 0.2) is 0 Å². The number of piperidine rings is 1. The van der Waals surface area contributed by atoms with Gasteiger partial charge in [-0.2, -0.15) is 4.31 Å². The number of aryl methyl sites for hydroxylation is 1. The molecule has 1 atom stereocenters.